The summed E-state index contributed by atoms with van der Waals surface area (Å²) >= 11 is 0. The Kier molecular flexibility index (Phi) is 11.1. The van der Waals surface area contributed by atoms with Crippen LogP contribution in [-0.2, 0) is 20.7 Å². The summed E-state index contributed by atoms with van der Waals surface area (Å²) in [5, 5.41) is 5.70. The zero-order valence-electron chi connectivity index (χ0n) is 24.8. The van der Waals surface area contributed by atoms with Crippen LogP contribution < -0.4 is 15.4 Å². The lowest BCUT2D eigenvalue weighted by Crippen LogP contribution is -2.53. The largest absolute Gasteiger partial charge is 0.497 e. The molecule has 0 radical (unpaired) electrons. The van der Waals surface area contributed by atoms with E-state index in [2.05, 4.69) is 16.6 Å². The van der Waals surface area contributed by atoms with Gasteiger partial charge in [0.1, 0.15) is 23.4 Å². The number of alkyl carbamates (subject to hydrolysis) is 1. The topological polar surface area (TPSA) is 97.0 Å². The highest BCUT2D eigenvalue weighted by molar-refractivity contribution is 5.99. The fourth-order valence-electron chi connectivity index (χ4n) is 4.43. The van der Waals surface area contributed by atoms with E-state index >= 15 is 0 Å². The molecule has 0 saturated heterocycles. The predicted octanol–water partition coefficient (Wildman–Crippen LogP) is 5.73. The van der Waals surface area contributed by atoms with Gasteiger partial charge in [0.2, 0.25) is 5.91 Å². The molecule has 0 bridgehead atoms. The van der Waals surface area contributed by atoms with Gasteiger partial charge in [0.15, 0.2) is 0 Å². The number of nitrogens with zero attached hydrogens (tertiary/aromatic N) is 1. The van der Waals surface area contributed by atoms with Gasteiger partial charge in [-0.1, -0.05) is 55.3 Å². The lowest BCUT2D eigenvalue weighted by molar-refractivity contribution is -0.140. The smallest absolute Gasteiger partial charge is 0.408 e. The molecule has 2 N–H and O–H groups in total. The van der Waals surface area contributed by atoms with Crippen LogP contribution in [0, 0.1) is 12.3 Å². The number of hydrogen-bond donors (Lipinski definition) is 2. The van der Waals surface area contributed by atoms with Crippen LogP contribution in [0.3, 0.4) is 0 Å². The van der Waals surface area contributed by atoms with Crippen molar-refractivity contribution in [2.45, 2.75) is 58.2 Å². The summed E-state index contributed by atoms with van der Waals surface area (Å²) in [5.41, 5.74) is 1.86. The Balaban J connectivity index is 2.03. The predicted molar refractivity (Wildman–Crippen MR) is 164 cm³/mol. The molecule has 0 aliphatic carbocycles. The maximum Gasteiger partial charge on any atom is 0.408 e. The molecule has 0 aliphatic heterocycles. The van der Waals surface area contributed by atoms with E-state index in [0.717, 1.165) is 5.56 Å². The molecule has 220 valence electrons. The highest BCUT2D eigenvalue weighted by atomic mass is 16.6. The summed E-state index contributed by atoms with van der Waals surface area (Å²) in [7, 11) is 1.56. The normalized spacial score (nSPS) is 12.3. The van der Waals surface area contributed by atoms with E-state index in [9.17, 15) is 14.4 Å². The molecular weight excluding hydrogens is 530 g/mol. The number of anilines is 1. The second-order valence-corrected chi connectivity index (χ2v) is 10.8. The van der Waals surface area contributed by atoms with E-state index < -0.39 is 35.6 Å². The average molecular weight is 570 g/mol. The molecule has 3 aromatic rings. The Hall–Kier alpha value is -4.77. The molecule has 2 atom stereocenters. The third-order valence-corrected chi connectivity index (χ3v) is 6.33. The molecule has 0 aromatic heterocycles. The summed E-state index contributed by atoms with van der Waals surface area (Å²) in [6.07, 6.45) is 5.63. The molecule has 2 unspecified atom stereocenters. The zero-order chi connectivity index (χ0) is 30.7. The minimum atomic E-state index is -1.01. The third kappa shape index (κ3) is 9.13. The highest BCUT2D eigenvalue weighted by Crippen LogP contribution is 2.26. The number of amides is 3. The van der Waals surface area contributed by atoms with Gasteiger partial charge in [-0.15, -0.1) is 6.42 Å². The second-order valence-electron chi connectivity index (χ2n) is 10.8. The SMILES string of the molecule is C#Cc1ccc(C(C(=O)Nc2ccc(OC)cc2)N(CCC)C(=O)C(Cc2ccccc2)NC(=O)OC(C)(C)C)cc1. The van der Waals surface area contributed by atoms with Crippen LogP contribution in [0.2, 0.25) is 0 Å². The van der Waals surface area contributed by atoms with Crippen molar-refractivity contribution in [2.75, 3.05) is 19.0 Å². The van der Waals surface area contributed by atoms with Gasteiger partial charge in [-0.05, 0) is 74.7 Å². The molecule has 3 amide bonds. The maximum absolute atomic E-state index is 14.3. The summed E-state index contributed by atoms with van der Waals surface area (Å²) < 4.78 is 10.7. The molecule has 0 heterocycles. The Morgan fingerprint density at radius 1 is 0.952 bits per heavy atom. The number of benzene rings is 3. The summed E-state index contributed by atoms with van der Waals surface area (Å²) in [6, 6.07) is 21.3. The van der Waals surface area contributed by atoms with Crippen molar-refractivity contribution in [3.8, 4) is 18.1 Å². The first-order valence-corrected chi connectivity index (χ1v) is 13.9. The summed E-state index contributed by atoms with van der Waals surface area (Å²) in [6.45, 7) is 7.45. The number of terminal acetylenes is 1. The van der Waals surface area contributed by atoms with E-state index in [1.165, 1.54) is 4.90 Å². The monoisotopic (exact) mass is 569 g/mol. The first-order chi connectivity index (χ1) is 20.0. The molecule has 8 heteroatoms. The number of carbonyl (C=O) groups excluding carboxylic acids is 3. The number of methoxy groups -OCH3 is 1. The van der Waals surface area contributed by atoms with Gasteiger partial charge in [0.05, 0.1) is 7.11 Å². The fourth-order valence-corrected chi connectivity index (χ4v) is 4.43. The number of carbonyl (C=O) groups is 3. The standard InChI is InChI=1S/C34H39N3O5/c1-7-22-37(32(39)29(23-25-12-10-9-11-13-25)36-33(40)42-34(3,4)5)30(26-16-14-24(8-2)15-17-26)31(38)35-27-18-20-28(41-6)21-19-27/h2,9-21,29-30H,7,22-23H2,1,3-6H3,(H,35,38)(H,36,40). The van der Waals surface area contributed by atoms with Gasteiger partial charge in [-0.3, -0.25) is 9.59 Å². The van der Waals surface area contributed by atoms with Crippen LogP contribution >= 0.6 is 0 Å². The fraction of sp³-hybridized carbons (Fsp3) is 0.324. The van der Waals surface area contributed by atoms with Crippen LogP contribution in [0.4, 0.5) is 10.5 Å². The van der Waals surface area contributed by atoms with E-state index in [1.54, 1.807) is 76.4 Å². The average Bonchev–Trinajstić information content (AvgIpc) is 2.96. The van der Waals surface area contributed by atoms with Gasteiger partial charge >= 0.3 is 6.09 Å². The van der Waals surface area contributed by atoms with Crippen molar-refractivity contribution in [2.24, 2.45) is 0 Å². The molecule has 0 fully saturated rings. The molecule has 8 nitrogen and oxygen atoms in total. The Morgan fingerprint density at radius 2 is 1.60 bits per heavy atom. The molecule has 0 spiro atoms. The first kappa shape index (κ1) is 31.8. The third-order valence-electron chi connectivity index (χ3n) is 6.33. The number of hydrogen-bond acceptors (Lipinski definition) is 5. The maximum atomic E-state index is 14.3. The van der Waals surface area contributed by atoms with Gasteiger partial charge in [-0.2, -0.15) is 0 Å². The van der Waals surface area contributed by atoms with Gasteiger partial charge < -0.3 is 25.0 Å². The summed E-state index contributed by atoms with van der Waals surface area (Å²) in [5.74, 6) is 2.40. The van der Waals surface area contributed by atoms with Crippen molar-refractivity contribution < 1.29 is 23.9 Å². The van der Waals surface area contributed by atoms with Crippen molar-refractivity contribution in [1.29, 1.82) is 0 Å². The highest BCUT2D eigenvalue weighted by Gasteiger charge is 2.36. The van der Waals surface area contributed by atoms with E-state index in [4.69, 9.17) is 15.9 Å². The van der Waals surface area contributed by atoms with Crippen LogP contribution in [0.25, 0.3) is 0 Å². The number of nitrogens with one attached hydrogen (secondary N) is 2. The molecule has 42 heavy (non-hydrogen) atoms. The number of rotatable bonds is 11. The zero-order valence-corrected chi connectivity index (χ0v) is 24.8. The molecule has 3 rings (SSSR count). The minimum absolute atomic E-state index is 0.210. The van der Waals surface area contributed by atoms with Crippen molar-refractivity contribution in [3.05, 3.63) is 95.6 Å². The van der Waals surface area contributed by atoms with Crippen molar-refractivity contribution >= 4 is 23.6 Å². The molecular formula is C34H39N3O5. The van der Waals surface area contributed by atoms with E-state index in [1.807, 2.05) is 37.3 Å². The molecule has 0 saturated carbocycles. The van der Waals surface area contributed by atoms with Gasteiger partial charge in [0, 0.05) is 24.2 Å². The van der Waals surface area contributed by atoms with Gasteiger partial charge in [-0.25, -0.2) is 4.79 Å². The second kappa shape index (κ2) is 14.7. The quantitative estimate of drug-likeness (QED) is 0.288. The van der Waals surface area contributed by atoms with Crippen molar-refractivity contribution in [1.82, 2.24) is 10.2 Å². The lowest BCUT2D eigenvalue weighted by Gasteiger charge is -2.34. The van der Waals surface area contributed by atoms with Crippen LogP contribution in [-0.4, -0.2) is 48.1 Å². The Bertz CT molecular complexity index is 1370. The Labute approximate surface area is 248 Å². The molecule has 3 aromatic carbocycles. The number of ether oxygens (including phenoxy) is 2. The molecule has 0 aliphatic rings. The van der Waals surface area contributed by atoms with Crippen LogP contribution in [0.1, 0.15) is 56.8 Å². The van der Waals surface area contributed by atoms with Gasteiger partial charge in [0.25, 0.3) is 5.91 Å². The van der Waals surface area contributed by atoms with Crippen LogP contribution in [0.15, 0.2) is 78.9 Å². The lowest BCUT2D eigenvalue weighted by atomic mass is 9.99. The minimum Gasteiger partial charge on any atom is -0.497 e. The summed E-state index contributed by atoms with van der Waals surface area (Å²) in [4.78, 5) is 42.7. The first-order valence-electron chi connectivity index (χ1n) is 13.9. The Morgan fingerprint density at radius 3 is 2.14 bits per heavy atom. The van der Waals surface area contributed by atoms with E-state index in [-0.39, 0.29) is 13.0 Å². The van der Waals surface area contributed by atoms with Crippen LogP contribution in [0.5, 0.6) is 5.75 Å². The van der Waals surface area contributed by atoms with Crippen molar-refractivity contribution in [3.63, 3.8) is 0 Å². The van der Waals surface area contributed by atoms with E-state index in [0.29, 0.717) is 29.0 Å².